The average Bonchev–Trinajstić information content (AvgIpc) is 2.91. The Labute approximate surface area is 241 Å². The maximum absolute atomic E-state index is 5.81. The van der Waals surface area contributed by atoms with Crippen molar-refractivity contribution in [2.24, 2.45) is 0 Å². The number of hydrogen-bond donors (Lipinski definition) is 0. The summed E-state index contributed by atoms with van der Waals surface area (Å²) in [4.78, 5) is 4.50. The molecule has 0 aromatic heterocycles. The predicted molar refractivity (Wildman–Crippen MR) is 171 cm³/mol. The van der Waals surface area contributed by atoms with Crippen LogP contribution in [-0.2, 0) is 16.2 Å². The molecule has 0 atom stereocenters. The molecule has 0 bridgehead atoms. The molecule has 0 N–H and O–H groups in total. The zero-order valence-electron chi connectivity index (χ0n) is 25.9. The lowest BCUT2D eigenvalue weighted by atomic mass is 9.70. The van der Waals surface area contributed by atoms with Gasteiger partial charge >= 0.3 is 0 Å². The summed E-state index contributed by atoms with van der Waals surface area (Å²) in [6.45, 7) is 18.5. The second-order valence-corrected chi connectivity index (χ2v) is 13.7. The molecule has 0 saturated heterocycles. The molecule has 0 fully saturated rings. The number of fused-ring (bicyclic) bond motifs is 4. The van der Waals surface area contributed by atoms with Gasteiger partial charge in [0.15, 0.2) is 11.5 Å². The first-order chi connectivity index (χ1) is 18.7. The zero-order valence-corrected chi connectivity index (χ0v) is 25.9. The van der Waals surface area contributed by atoms with Crippen LogP contribution in [0.4, 0.5) is 22.7 Å². The molecule has 0 unspecified atom stereocenters. The van der Waals surface area contributed by atoms with Gasteiger partial charge in [-0.3, -0.25) is 0 Å². The van der Waals surface area contributed by atoms with E-state index < -0.39 is 0 Å². The van der Waals surface area contributed by atoms with Crippen LogP contribution in [0.2, 0.25) is 0 Å². The molecule has 2 heterocycles. The lowest BCUT2D eigenvalue weighted by molar-refractivity contribution is 0.475. The quantitative estimate of drug-likeness (QED) is 0.224. The standard InChI is InChI=1S/C24H33N.C13H11NO/c1-22(2,3)16-10-12-20-18(14-16)24(7,8)19-15-17(23(4,5)6)11-13-21(19)25(20)9;1-14-10-6-2-4-8-12(10)15-13-9-5-3-7-11(13)14/h10-15H,1-9H3;2-9H,1H3. The minimum absolute atomic E-state index is 0.000301. The summed E-state index contributed by atoms with van der Waals surface area (Å²) in [5.41, 5.74) is 10.9. The Morgan fingerprint density at radius 1 is 0.525 bits per heavy atom. The molecule has 3 heteroatoms. The first kappa shape index (κ1) is 27.8. The molecule has 4 aromatic rings. The van der Waals surface area contributed by atoms with E-state index >= 15 is 0 Å². The van der Waals surface area contributed by atoms with Crippen LogP contribution in [0.15, 0.2) is 84.9 Å². The molecule has 2 aliphatic rings. The normalized spacial score (nSPS) is 15.1. The number of benzene rings is 4. The second kappa shape index (κ2) is 9.73. The van der Waals surface area contributed by atoms with E-state index in [2.05, 4.69) is 128 Å². The molecule has 6 rings (SSSR count). The highest BCUT2D eigenvalue weighted by atomic mass is 16.5. The van der Waals surface area contributed by atoms with E-state index in [1.807, 2.05) is 36.4 Å². The Morgan fingerprint density at radius 2 is 0.900 bits per heavy atom. The Bertz CT molecular complexity index is 1440. The Kier molecular flexibility index (Phi) is 6.77. The number of nitrogens with zero attached hydrogens (tertiary/aromatic N) is 2. The van der Waals surface area contributed by atoms with Crippen molar-refractivity contribution in [1.82, 2.24) is 0 Å². The lowest BCUT2D eigenvalue weighted by Crippen LogP contribution is -2.32. The van der Waals surface area contributed by atoms with Gasteiger partial charge in [0.2, 0.25) is 0 Å². The molecule has 0 radical (unpaired) electrons. The number of rotatable bonds is 0. The van der Waals surface area contributed by atoms with E-state index in [1.165, 1.54) is 33.6 Å². The molecule has 0 amide bonds. The summed E-state index contributed by atoms with van der Waals surface area (Å²) in [6.07, 6.45) is 0. The van der Waals surface area contributed by atoms with E-state index in [4.69, 9.17) is 4.74 Å². The van der Waals surface area contributed by atoms with Crippen molar-refractivity contribution in [1.29, 1.82) is 0 Å². The maximum Gasteiger partial charge on any atom is 0.151 e. The second-order valence-electron chi connectivity index (χ2n) is 13.7. The molecule has 2 aliphatic heterocycles. The van der Waals surface area contributed by atoms with Crippen LogP contribution < -0.4 is 14.5 Å². The van der Waals surface area contributed by atoms with Gasteiger partial charge in [-0.05, 0) is 69.5 Å². The van der Waals surface area contributed by atoms with Gasteiger partial charge in [-0.15, -0.1) is 0 Å². The molecule has 0 saturated carbocycles. The van der Waals surface area contributed by atoms with Crippen LogP contribution in [0.3, 0.4) is 0 Å². The SMILES string of the molecule is CN1c2ccc(C(C)(C)C)cc2C(C)(C)c2cc(C(C)(C)C)ccc21.CN1c2ccccc2Oc2ccccc21. The van der Waals surface area contributed by atoms with Gasteiger partial charge in [0.1, 0.15) is 0 Å². The van der Waals surface area contributed by atoms with Gasteiger partial charge in [0.25, 0.3) is 0 Å². The van der Waals surface area contributed by atoms with E-state index in [1.54, 1.807) is 0 Å². The summed E-state index contributed by atoms with van der Waals surface area (Å²) < 4.78 is 5.81. The van der Waals surface area contributed by atoms with Crippen molar-refractivity contribution in [3.8, 4) is 11.5 Å². The van der Waals surface area contributed by atoms with Crippen LogP contribution in [0.25, 0.3) is 0 Å². The van der Waals surface area contributed by atoms with Crippen LogP contribution in [0.1, 0.15) is 77.6 Å². The minimum Gasteiger partial charge on any atom is -0.453 e. The molecule has 0 aliphatic carbocycles. The van der Waals surface area contributed by atoms with Gasteiger partial charge in [-0.2, -0.15) is 0 Å². The van der Waals surface area contributed by atoms with Gasteiger partial charge in [-0.1, -0.05) is 104 Å². The van der Waals surface area contributed by atoms with Gasteiger partial charge in [0, 0.05) is 30.9 Å². The van der Waals surface area contributed by atoms with Crippen LogP contribution in [0, 0.1) is 0 Å². The van der Waals surface area contributed by atoms with E-state index in [0.717, 1.165) is 22.9 Å². The summed E-state index contributed by atoms with van der Waals surface area (Å²) in [5.74, 6) is 1.83. The zero-order chi connectivity index (χ0) is 29.0. The Balaban J connectivity index is 0.000000182. The largest absolute Gasteiger partial charge is 0.453 e. The predicted octanol–water partition coefficient (Wildman–Crippen LogP) is 10.2. The van der Waals surface area contributed by atoms with Crippen molar-refractivity contribution in [2.75, 3.05) is 23.9 Å². The third-order valence-corrected chi connectivity index (χ3v) is 8.47. The molecular formula is C37H44N2O. The first-order valence-corrected chi connectivity index (χ1v) is 14.3. The highest BCUT2D eigenvalue weighted by Gasteiger charge is 2.36. The summed E-state index contributed by atoms with van der Waals surface area (Å²) in [5, 5.41) is 0. The number of ether oxygens (including phenoxy) is 1. The van der Waals surface area contributed by atoms with E-state index in [0.29, 0.717) is 0 Å². The molecule has 3 nitrogen and oxygen atoms in total. The fourth-order valence-corrected chi connectivity index (χ4v) is 5.76. The summed E-state index contributed by atoms with van der Waals surface area (Å²) >= 11 is 0. The van der Waals surface area contributed by atoms with Crippen molar-refractivity contribution in [3.05, 3.63) is 107 Å². The molecule has 208 valence electrons. The highest BCUT2D eigenvalue weighted by Crippen LogP contribution is 2.50. The maximum atomic E-state index is 5.81. The van der Waals surface area contributed by atoms with E-state index in [-0.39, 0.29) is 16.2 Å². The van der Waals surface area contributed by atoms with Crippen molar-refractivity contribution in [2.45, 2.75) is 71.6 Å². The third kappa shape index (κ3) is 4.87. The van der Waals surface area contributed by atoms with Gasteiger partial charge in [0.05, 0.1) is 11.4 Å². The summed E-state index contributed by atoms with van der Waals surface area (Å²) in [6, 6.07) is 30.2. The number of anilines is 4. The molecular weight excluding hydrogens is 488 g/mol. The Morgan fingerprint density at radius 3 is 1.30 bits per heavy atom. The smallest absolute Gasteiger partial charge is 0.151 e. The fraction of sp³-hybridized carbons (Fsp3) is 0.351. The van der Waals surface area contributed by atoms with E-state index in [9.17, 15) is 0 Å². The topological polar surface area (TPSA) is 15.7 Å². The van der Waals surface area contributed by atoms with Gasteiger partial charge < -0.3 is 14.5 Å². The third-order valence-electron chi connectivity index (χ3n) is 8.47. The molecule has 0 spiro atoms. The monoisotopic (exact) mass is 532 g/mol. The Hall–Kier alpha value is -3.72. The van der Waals surface area contributed by atoms with Crippen LogP contribution in [-0.4, -0.2) is 14.1 Å². The van der Waals surface area contributed by atoms with Crippen LogP contribution >= 0.6 is 0 Å². The molecule has 40 heavy (non-hydrogen) atoms. The van der Waals surface area contributed by atoms with Crippen molar-refractivity contribution >= 4 is 22.7 Å². The van der Waals surface area contributed by atoms with Crippen molar-refractivity contribution in [3.63, 3.8) is 0 Å². The van der Waals surface area contributed by atoms with Crippen molar-refractivity contribution < 1.29 is 4.74 Å². The number of hydrogen-bond acceptors (Lipinski definition) is 3. The average molecular weight is 533 g/mol. The lowest BCUT2D eigenvalue weighted by Gasteiger charge is -2.42. The van der Waals surface area contributed by atoms with Crippen LogP contribution in [0.5, 0.6) is 11.5 Å². The highest BCUT2D eigenvalue weighted by molar-refractivity contribution is 5.79. The first-order valence-electron chi connectivity index (χ1n) is 14.3. The number of para-hydroxylation sites is 4. The summed E-state index contributed by atoms with van der Waals surface area (Å²) in [7, 11) is 4.25. The minimum atomic E-state index is -0.000301. The molecule has 4 aromatic carbocycles. The fourth-order valence-electron chi connectivity index (χ4n) is 5.76. The van der Waals surface area contributed by atoms with Gasteiger partial charge in [-0.25, -0.2) is 0 Å².